The smallest absolute Gasteiger partial charge is 0.326 e. The van der Waals surface area contributed by atoms with Crippen molar-refractivity contribution in [2.45, 2.75) is 19.3 Å². The van der Waals surface area contributed by atoms with Gasteiger partial charge in [-0.1, -0.05) is 5.06 Å². The van der Waals surface area contributed by atoms with Crippen molar-refractivity contribution in [1.82, 2.24) is 15.3 Å². The molecular weight excluding hydrogens is 214 g/mol. The molecule has 4 amide bonds. The molecule has 16 heavy (non-hydrogen) atoms. The molecule has 2 heterocycles. The van der Waals surface area contributed by atoms with Gasteiger partial charge in [0.25, 0.3) is 5.91 Å². The van der Waals surface area contributed by atoms with Gasteiger partial charge in [0.1, 0.15) is 6.54 Å². The molecule has 0 aromatic rings. The third-order valence-corrected chi connectivity index (χ3v) is 2.59. The molecule has 0 spiro atoms. The van der Waals surface area contributed by atoms with Gasteiger partial charge in [-0.15, -0.1) is 0 Å². The third kappa shape index (κ3) is 2.07. The van der Waals surface area contributed by atoms with E-state index in [4.69, 9.17) is 4.84 Å². The molecule has 7 heteroatoms. The molecule has 0 unspecified atom stereocenters. The second kappa shape index (κ2) is 4.38. The Morgan fingerprint density at radius 3 is 2.44 bits per heavy atom. The van der Waals surface area contributed by atoms with Crippen LogP contribution >= 0.6 is 0 Å². The van der Waals surface area contributed by atoms with Crippen LogP contribution in [0.1, 0.15) is 19.3 Å². The van der Waals surface area contributed by atoms with Crippen LogP contribution in [0.5, 0.6) is 0 Å². The highest BCUT2D eigenvalue weighted by Gasteiger charge is 2.34. The molecule has 0 saturated carbocycles. The van der Waals surface area contributed by atoms with Gasteiger partial charge >= 0.3 is 12.1 Å². The molecule has 0 aliphatic carbocycles. The summed E-state index contributed by atoms with van der Waals surface area (Å²) in [5.41, 5.74) is 0. The maximum absolute atomic E-state index is 11.6. The van der Waals surface area contributed by atoms with Crippen LogP contribution in [-0.4, -0.2) is 47.6 Å². The van der Waals surface area contributed by atoms with Gasteiger partial charge in [-0.3, -0.25) is 4.79 Å². The summed E-state index contributed by atoms with van der Waals surface area (Å²) in [5.74, 6) is -0.546. The van der Waals surface area contributed by atoms with Crippen LogP contribution in [-0.2, 0) is 9.63 Å². The number of hydroxylamine groups is 2. The van der Waals surface area contributed by atoms with E-state index in [1.54, 1.807) is 0 Å². The van der Waals surface area contributed by atoms with Crippen LogP contribution < -0.4 is 5.32 Å². The van der Waals surface area contributed by atoms with Crippen LogP contribution in [0, 0.1) is 0 Å². The molecule has 2 aliphatic rings. The number of carbonyl (C=O) groups excluding carboxylic acids is 3. The highest BCUT2D eigenvalue weighted by atomic mass is 16.7. The van der Waals surface area contributed by atoms with Crippen LogP contribution in [0.15, 0.2) is 0 Å². The minimum absolute atomic E-state index is 0.119. The number of nitrogens with zero attached hydrogens (tertiary/aromatic N) is 2. The molecule has 1 N–H and O–H groups in total. The fraction of sp³-hybridized carbons (Fsp3) is 0.667. The second-order valence-corrected chi connectivity index (χ2v) is 3.75. The topological polar surface area (TPSA) is 79.0 Å². The van der Waals surface area contributed by atoms with E-state index in [0.29, 0.717) is 18.2 Å². The fourth-order valence-electron chi connectivity index (χ4n) is 1.71. The van der Waals surface area contributed by atoms with E-state index in [2.05, 4.69) is 5.32 Å². The molecule has 0 aromatic carbocycles. The van der Waals surface area contributed by atoms with Crippen molar-refractivity contribution >= 4 is 18.0 Å². The number of hydrogen-bond donors (Lipinski definition) is 1. The molecule has 2 saturated heterocycles. The van der Waals surface area contributed by atoms with Crippen molar-refractivity contribution in [1.29, 1.82) is 0 Å². The van der Waals surface area contributed by atoms with Crippen LogP contribution in [0.3, 0.4) is 0 Å². The predicted octanol–water partition coefficient (Wildman–Crippen LogP) is 0.0757. The minimum Gasteiger partial charge on any atom is -0.326 e. The highest BCUT2D eigenvalue weighted by molar-refractivity contribution is 6.01. The first-order valence-electron chi connectivity index (χ1n) is 5.26. The van der Waals surface area contributed by atoms with Gasteiger partial charge in [-0.2, -0.15) is 0 Å². The summed E-state index contributed by atoms with van der Waals surface area (Å²) in [5, 5.41) is 2.75. The van der Waals surface area contributed by atoms with Crippen molar-refractivity contribution in [3.05, 3.63) is 0 Å². The Morgan fingerprint density at radius 1 is 1.19 bits per heavy atom. The summed E-state index contributed by atoms with van der Waals surface area (Å²) in [4.78, 5) is 40.1. The second-order valence-electron chi connectivity index (χ2n) is 3.75. The number of imide groups is 1. The molecule has 0 radical (unpaired) electrons. The van der Waals surface area contributed by atoms with Gasteiger partial charge in [0.2, 0.25) is 0 Å². The number of carbonyl (C=O) groups is 3. The zero-order valence-corrected chi connectivity index (χ0v) is 8.77. The SMILES string of the molecule is O=C(ON1C(=O)CNC1=O)N1CCCCC1. The predicted molar refractivity (Wildman–Crippen MR) is 52.1 cm³/mol. The maximum Gasteiger partial charge on any atom is 0.434 e. The summed E-state index contributed by atoms with van der Waals surface area (Å²) in [6.45, 7) is 1.11. The molecule has 0 atom stereocenters. The molecule has 0 bridgehead atoms. The molecular formula is C9H13N3O4. The van der Waals surface area contributed by atoms with Gasteiger partial charge < -0.3 is 15.1 Å². The summed E-state index contributed by atoms with van der Waals surface area (Å²) < 4.78 is 0. The van der Waals surface area contributed by atoms with Gasteiger partial charge in [-0.25, -0.2) is 9.59 Å². The van der Waals surface area contributed by atoms with E-state index in [0.717, 1.165) is 19.3 Å². The van der Waals surface area contributed by atoms with E-state index in [1.165, 1.54) is 4.90 Å². The van der Waals surface area contributed by atoms with E-state index >= 15 is 0 Å². The van der Waals surface area contributed by atoms with Gasteiger partial charge in [0.05, 0.1) is 0 Å². The van der Waals surface area contributed by atoms with Gasteiger partial charge in [0, 0.05) is 13.1 Å². The van der Waals surface area contributed by atoms with Gasteiger partial charge in [0.15, 0.2) is 0 Å². The van der Waals surface area contributed by atoms with Crippen molar-refractivity contribution in [2.24, 2.45) is 0 Å². The average Bonchev–Trinajstić information content (AvgIpc) is 2.62. The molecule has 88 valence electrons. The Balaban J connectivity index is 1.90. The number of urea groups is 1. The average molecular weight is 227 g/mol. The van der Waals surface area contributed by atoms with E-state index < -0.39 is 18.0 Å². The van der Waals surface area contributed by atoms with E-state index in [-0.39, 0.29) is 6.54 Å². The molecule has 2 fully saturated rings. The number of piperidine rings is 1. The number of rotatable bonds is 1. The highest BCUT2D eigenvalue weighted by Crippen LogP contribution is 2.11. The Hall–Kier alpha value is -1.79. The minimum atomic E-state index is -0.685. The number of nitrogens with one attached hydrogen (secondary N) is 1. The number of hydrogen-bond acceptors (Lipinski definition) is 4. The lowest BCUT2D eigenvalue weighted by Crippen LogP contribution is -2.42. The lowest BCUT2D eigenvalue weighted by molar-refractivity contribution is -0.149. The molecule has 0 aromatic heterocycles. The number of amides is 4. The number of likely N-dealkylation sites (tertiary alicyclic amines) is 1. The Kier molecular flexibility index (Phi) is 2.93. The first kappa shape index (κ1) is 10.7. The van der Waals surface area contributed by atoms with Crippen molar-refractivity contribution in [3.8, 4) is 0 Å². The van der Waals surface area contributed by atoms with Crippen molar-refractivity contribution in [3.63, 3.8) is 0 Å². The third-order valence-electron chi connectivity index (χ3n) is 2.59. The molecule has 2 rings (SSSR count). The van der Waals surface area contributed by atoms with Crippen molar-refractivity contribution in [2.75, 3.05) is 19.6 Å². The maximum atomic E-state index is 11.6. The first-order chi connectivity index (χ1) is 7.68. The first-order valence-corrected chi connectivity index (χ1v) is 5.26. The molecule has 2 aliphatic heterocycles. The summed E-state index contributed by atoms with van der Waals surface area (Å²) in [7, 11) is 0. The standard InChI is InChI=1S/C9H13N3O4/c13-7-6-10-8(14)12(7)16-9(15)11-4-2-1-3-5-11/h1-6H2,(H,10,14). The van der Waals surface area contributed by atoms with Gasteiger partial charge in [-0.05, 0) is 19.3 Å². The monoisotopic (exact) mass is 227 g/mol. The summed E-state index contributed by atoms with van der Waals surface area (Å²) >= 11 is 0. The van der Waals surface area contributed by atoms with Crippen LogP contribution in [0.2, 0.25) is 0 Å². The molecule has 7 nitrogen and oxygen atoms in total. The summed E-state index contributed by atoms with van der Waals surface area (Å²) in [6.07, 6.45) is 2.31. The zero-order chi connectivity index (χ0) is 11.5. The van der Waals surface area contributed by atoms with E-state index in [1.807, 2.05) is 0 Å². The van der Waals surface area contributed by atoms with Crippen LogP contribution in [0.4, 0.5) is 9.59 Å². The quantitative estimate of drug-likeness (QED) is 0.643. The summed E-state index contributed by atoms with van der Waals surface area (Å²) in [6, 6.07) is -0.685. The Labute approximate surface area is 92.3 Å². The largest absolute Gasteiger partial charge is 0.434 e. The normalized spacial score (nSPS) is 21.0. The fourth-order valence-corrected chi connectivity index (χ4v) is 1.71. The lowest BCUT2D eigenvalue weighted by Gasteiger charge is -2.26. The lowest BCUT2D eigenvalue weighted by atomic mass is 10.1. The Bertz CT molecular complexity index is 309. The Morgan fingerprint density at radius 2 is 1.88 bits per heavy atom. The van der Waals surface area contributed by atoms with E-state index in [9.17, 15) is 14.4 Å². The zero-order valence-electron chi connectivity index (χ0n) is 8.77. The van der Waals surface area contributed by atoms with Crippen molar-refractivity contribution < 1.29 is 19.2 Å². The van der Waals surface area contributed by atoms with Crippen LogP contribution in [0.25, 0.3) is 0 Å².